The number of aromatic amines is 1. The van der Waals surface area contributed by atoms with Gasteiger partial charge in [0.25, 0.3) is 5.56 Å². The van der Waals surface area contributed by atoms with E-state index in [1.807, 2.05) is 0 Å². The zero-order valence-corrected chi connectivity index (χ0v) is 20.5. The van der Waals surface area contributed by atoms with Gasteiger partial charge < -0.3 is 14.0 Å². The smallest absolute Gasteiger partial charge is 0.459 e. The minimum atomic E-state index is -4.18. The molecule has 1 aromatic heterocycles. The first-order chi connectivity index (χ1) is 16.5. The Bertz CT molecular complexity index is 1240. The number of esters is 1. The van der Waals surface area contributed by atoms with Crippen LogP contribution in [0, 0.1) is 6.92 Å². The average Bonchev–Trinajstić information content (AvgIpc) is 3.15. The van der Waals surface area contributed by atoms with E-state index in [0.29, 0.717) is 0 Å². The first kappa shape index (κ1) is 26.6. The highest BCUT2D eigenvalue weighted by Gasteiger charge is 2.36. The number of carbonyl (C=O) groups is 1. The van der Waals surface area contributed by atoms with Gasteiger partial charge in [0, 0.05) is 11.8 Å². The van der Waals surface area contributed by atoms with Crippen molar-refractivity contribution >= 4 is 13.7 Å². The molecule has 2 heterocycles. The molecule has 35 heavy (non-hydrogen) atoms. The number of aromatic nitrogens is 2. The van der Waals surface area contributed by atoms with Crippen LogP contribution >= 0.6 is 7.75 Å². The van der Waals surface area contributed by atoms with E-state index in [4.69, 9.17) is 18.5 Å². The molecular formula is C22H27FN3O8P. The molecule has 2 N–H and O–H groups in total. The molecule has 0 saturated heterocycles. The minimum absolute atomic E-state index is 0.188. The summed E-state index contributed by atoms with van der Waals surface area (Å²) in [6, 6.07) is 7.07. The third kappa shape index (κ3) is 6.98. The van der Waals surface area contributed by atoms with E-state index in [1.54, 1.807) is 44.2 Å². The third-order valence-corrected chi connectivity index (χ3v) is 6.36. The maximum Gasteiger partial charge on any atom is 0.459 e. The number of hydrogen-bond acceptors (Lipinski definition) is 8. The van der Waals surface area contributed by atoms with Crippen LogP contribution in [0.1, 0.15) is 32.6 Å². The van der Waals surface area contributed by atoms with Crippen molar-refractivity contribution in [3.8, 4) is 5.75 Å². The number of ether oxygens (including phenoxy) is 2. The molecule has 4 atom stereocenters. The fraction of sp³-hybridized carbons (Fsp3) is 0.409. The Morgan fingerprint density at radius 1 is 1.26 bits per heavy atom. The van der Waals surface area contributed by atoms with Crippen molar-refractivity contribution in [2.75, 3.05) is 6.61 Å². The number of H-pyrrole nitrogens is 1. The number of aryl methyl sites for hydroxylation is 1. The molecule has 0 aliphatic carbocycles. The molecule has 0 fully saturated rings. The van der Waals surface area contributed by atoms with Crippen LogP contribution in [0.15, 0.2) is 58.0 Å². The lowest BCUT2D eigenvalue weighted by atomic mass is 10.3. The summed E-state index contributed by atoms with van der Waals surface area (Å²) in [5.74, 6) is -1.26. The lowest BCUT2D eigenvalue weighted by molar-refractivity contribution is -0.149. The third-order valence-electron chi connectivity index (χ3n) is 4.72. The second-order valence-corrected chi connectivity index (χ2v) is 9.79. The summed E-state index contributed by atoms with van der Waals surface area (Å²) in [7, 11) is -4.18. The van der Waals surface area contributed by atoms with Gasteiger partial charge in [0.15, 0.2) is 6.23 Å². The van der Waals surface area contributed by atoms with Gasteiger partial charge in [-0.25, -0.2) is 13.8 Å². The van der Waals surface area contributed by atoms with Gasteiger partial charge in [-0.05, 0) is 45.9 Å². The van der Waals surface area contributed by atoms with Crippen molar-refractivity contribution in [3.05, 3.63) is 74.8 Å². The lowest BCUT2D eigenvalue weighted by Crippen LogP contribution is -2.37. The topological polar surface area (TPSA) is 138 Å². The molecule has 0 saturated carbocycles. The summed E-state index contributed by atoms with van der Waals surface area (Å²) < 4.78 is 50.6. The van der Waals surface area contributed by atoms with Crippen molar-refractivity contribution < 1.29 is 32.3 Å². The van der Waals surface area contributed by atoms with E-state index in [-0.39, 0.29) is 17.4 Å². The number of halogens is 1. The average molecular weight is 511 g/mol. The van der Waals surface area contributed by atoms with Gasteiger partial charge in [-0.15, -0.1) is 0 Å². The molecule has 1 aliphatic heterocycles. The summed E-state index contributed by atoms with van der Waals surface area (Å²) in [4.78, 5) is 38.0. The van der Waals surface area contributed by atoms with Crippen LogP contribution in [-0.4, -0.2) is 40.4 Å². The lowest BCUT2D eigenvalue weighted by Gasteiger charge is -2.24. The normalized spacial score (nSPS) is 20.2. The van der Waals surface area contributed by atoms with Crippen LogP contribution in [0.5, 0.6) is 5.75 Å². The predicted octanol–water partition coefficient (Wildman–Crippen LogP) is 2.73. The van der Waals surface area contributed by atoms with Crippen LogP contribution in [0.25, 0.3) is 0 Å². The summed E-state index contributed by atoms with van der Waals surface area (Å²) in [6.07, 6.45) is -0.643. The van der Waals surface area contributed by atoms with Crippen LogP contribution in [0.3, 0.4) is 0 Å². The quantitative estimate of drug-likeness (QED) is 0.364. The van der Waals surface area contributed by atoms with Crippen molar-refractivity contribution in [3.63, 3.8) is 0 Å². The Kier molecular flexibility index (Phi) is 8.44. The molecular weight excluding hydrogens is 484 g/mol. The number of benzene rings is 1. The number of nitrogens with one attached hydrogen (secondary N) is 2. The number of para-hydroxylation sites is 1. The fourth-order valence-corrected chi connectivity index (χ4v) is 4.58. The van der Waals surface area contributed by atoms with E-state index in [1.165, 1.54) is 20.0 Å². The molecule has 190 valence electrons. The molecule has 13 heteroatoms. The predicted molar refractivity (Wildman–Crippen MR) is 124 cm³/mol. The second-order valence-electron chi connectivity index (χ2n) is 8.09. The Balaban J connectivity index is 1.74. The number of nitrogens with zero attached hydrogens (tertiary/aromatic N) is 1. The first-order valence-corrected chi connectivity index (χ1v) is 12.3. The summed E-state index contributed by atoms with van der Waals surface area (Å²) >= 11 is 0. The zero-order valence-electron chi connectivity index (χ0n) is 19.6. The Hall–Kier alpha value is -3.05. The number of hydrogen-bond donors (Lipinski definition) is 2. The molecule has 0 spiro atoms. The highest BCUT2D eigenvalue weighted by atomic mass is 31.2. The molecule has 0 radical (unpaired) electrons. The largest absolute Gasteiger partial charge is 0.462 e. The molecule has 1 unspecified atom stereocenters. The Morgan fingerprint density at radius 2 is 1.94 bits per heavy atom. The van der Waals surface area contributed by atoms with E-state index in [9.17, 15) is 23.3 Å². The van der Waals surface area contributed by atoms with Crippen LogP contribution in [-0.2, 0) is 23.4 Å². The monoisotopic (exact) mass is 511 g/mol. The van der Waals surface area contributed by atoms with Gasteiger partial charge in [0.1, 0.15) is 23.7 Å². The summed E-state index contributed by atoms with van der Waals surface area (Å²) in [5, 5.41) is 2.52. The van der Waals surface area contributed by atoms with Gasteiger partial charge in [0.05, 0.1) is 12.7 Å². The molecule has 11 nitrogen and oxygen atoms in total. The van der Waals surface area contributed by atoms with Crippen molar-refractivity contribution in [2.24, 2.45) is 0 Å². The molecule has 3 rings (SSSR count). The van der Waals surface area contributed by atoms with Crippen molar-refractivity contribution in [1.29, 1.82) is 0 Å². The number of rotatable bonds is 10. The van der Waals surface area contributed by atoms with E-state index in [0.717, 1.165) is 10.6 Å². The van der Waals surface area contributed by atoms with E-state index in [2.05, 4.69) is 10.1 Å². The Labute approximate surface area is 200 Å². The highest BCUT2D eigenvalue weighted by Crippen LogP contribution is 2.45. The van der Waals surface area contributed by atoms with E-state index >= 15 is 0 Å². The standard InChI is InChI=1S/C22H27FN3O8P/c1-13(2)32-21(28)15(4)25-35(30,34-16-8-6-5-7-9-16)31-12-17-10-18(23)20(33-17)26-11-14(3)19(27)24-22(26)29/h5-11,13,15,17,20H,12H2,1-4H3,(H,25,30)(H,24,27,29)/t15-,17-,20+,35?/m0/s1. The maximum absolute atomic E-state index is 14.6. The second kappa shape index (κ2) is 11.1. The Morgan fingerprint density at radius 3 is 2.60 bits per heavy atom. The molecule has 1 aliphatic rings. The highest BCUT2D eigenvalue weighted by molar-refractivity contribution is 7.52. The van der Waals surface area contributed by atoms with Crippen LogP contribution in [0.4, 0.5) is 4.39 Å². The van der Waals surface area contributed by atoms with Gasteiger partial charge >= 0.3 is 19.4 Å². The molecule has 0 bridgehead atoms. The van der Waals surface area contributed by atoms with Crippen molar-refractivity contribution in [1.82, 2.24) is 14.6 Å². The van der Waals surface area contributed by atoms with Gasteiger partial charge in [-0.2, -0.15) is 5.09 Å². The maximum atomic E-state index is 14.6. The summed E-state index contributed by atoms with van der Waals surface area (Å²) in [6.45, 7) is 5.79. The summed E-state index contributed by atoms with van der Waals surface area (Å²) in [5.41, 5.74) is -1.26. The van der Waals surface area contributed by atoms with Gasteiger partial charge in [-0.3, -0.25) is 23.7 Å². The van der Waals surface area contributed by atoms with E-state index < -0.39 is 55.8 Å². The number of carbonyl (C=O) groups excluding carboxylic acids is 1. The molecule has 0 amide bonds. The van der Waals surface area contributed by atoms with Crippen LogP contribution < -0.4 is 20.9 Å². The molecule has 2 aromatic rings. The van der Waals surface area contributed by atoms with Crippen molar-refractivity contribution in [2.45, 2.75) is 52.2 Å². The molecule has 1 aromatic carbocycles. The van der Waals surface area contributed by atoms with Gasteiger partial charge in [-0.1, -0.05) is 18.2 Å². The SMILES string of the molecule is Cc1cn([C@@H]2O[C@H](COP(=O)(N[C@@H](C)C(=O)OC(C)C)Oc3ccccc3)C=C2F)c(=O)[nH]c1=O. The first-order valence-electron chi connectivity index (χ1n) is 10.8. The van der Waals surface area contributed by atoms with Crippen LogP contribution in [0.2, 0.25) is 0 Å². The zero-order chi connectivity index (χ0) is 25.8. The fourth-order valence-electron chi connectivity index (χ4n) is 3.08. The van der Waals surface area contributed by atoms with Gasteiger partial charge in [0.2, 0.25) is 0 Å². The minimum Gasteiger partial charge on any atom is -0.462 e.